The summed E-state index contributed by atoms with van der Waals surface area (Å²) in [7, 11) is 5.17. The van der Waals surface area contributed by atoms with Crippen LogP contribution in [0.5, 0.6) is 5.75 Å². The Labute approximate surface area is 169 Å². The molecule has 0 aliphatic carbocycles. The number of aromatic nitrogens is 4. The lowest BCUT2D eigenvalue weighted by Gasteiger charge is -2.32. The quantitative estimate of drug-likeness (QED) is 0.743. The Morgan fingerprint density at radius 1 is 1.17 bits per heavy atom. The summed E-state index contributed by atoms with van der Waals surface area (Å²) in [5.74, 6) is 1.19. The zero-order valence-corrected chi connectivity index (χ0v) is 16.8. The van der Waals surface area contributed by atoms with Gasteiger partial charge in [0.2, 0.25) is 5.91 Å². The number of amides is 3. The molecule has 2 saturated heterocycles. The minimum atomic E-state index is -0.0772. The molecule has 0 saturated carbocycles. The first-order valence-electron chi connectivity index (χ1n) is 9.58. The Kier molecular flexibility index (Phi) is 5.08. The van der Waals surface area contributed by atoms with Crippen molar-refractivity contribution in [3.05, 3.63) is 36.2 Å². The smallest absolute Gasteiger partial charge is 0.320 e. The molecule has 0 N–H and O–H groups in total. The summed E-state index contributed by atoms with van der Waals surface area (Å²) < 4.78 is 6.70. The molecule has 0 bridgehead atoms. The largest absolute Gasteiger partial charge is 0.497 e. The van der Waals surface area contributed by atoms with Crippen LogP contribution in [0.3, 0.4) is 0 Å². The fourth-order valence-electron chi connectivity index (χ4n) is 4.42. The van der Waals surface area contributed by atoms with Crippen LogP contribution >= 0.6 is 0 Å². The first-order chi connectivity index (χ1) is 14.0. The van der Waals surface area contributed by atoms with Gasteiger partial charge in [-0.05, 0) is 28.1 Å². The summed E-state index contributed by atoms with van der Waals surface area (Å²) >= 11 is 0. The van der Waals surface area contributed by atoms with Crippen LogP contribution in [0.25, 0.3) is 0 Å². The maximum atomic E-state index is 12.8. The molecule has 3 amide bonds. The highest BCUT2D eigenvalue weighted by molar-refractivity contribution is 5.77. The van der Waals surface area contributed by atoms with Gasteiger partial charge in [0.05, 0.1) is 13.2 Å². The minimum Gasteiger partial charge on any atom is -0.497 e. The number of tetrazole rings is 1. The molecule has 1 aromatic carbocycles. The van der Waals surface area contributed by atoms with E-state index in [1.54, 1.807) is 26.1 Å². The van der Waals surface area contributed by atoms with Gasteiger partial charge in [-0.15, -0.1) is 5.10 Å². The van der Waals surface area contributed by atoms with Gasteiger partial charge in [-0.25, -0.2) is 9.48 Å². The maximum absolute atomic E-state index is 12.8. The number of fused-ring (bicyclic) bond motifs is 1. The van der Waals surface area contributed by atoms with E-state index in [4.69, 9.17) is 4.74 Å². The molecular formula is C19H25N7O3. The number of benzene rings is 1. The van der Waals surface area contributed by atoms with Gasteiger partial charge in [0.1, 0.15) is 18.6 Å². The number of rotatable bonds is 4. The van der Waals surface area contributed by atoms with Gasteiger partial charge < -0.3 is 19.4 Å². The molecule has 154 valence electrons. The average Bonchev–Trinajstić information content (AvgIpc) is 3.43. The van der Waals surface area contributed by atoms with E-state index in [-0.39, 0.29) is 36.4 Å². The number of hydrogen-bond acceptors (Lipinski definition) is 6. The van der Waals surface area contributed by atoms with Crippen molar-refractivity contribution in [2.45, 2.75) is 12.6 Å². The van der Waals surface area contributed by atoms with Crippen molar-refractivity contribution in [1.29, 1.82) is 0 Å². The predicted octanol–water partition coefficient (Wildman–Crippen LogP) is 0.495. The zero-order chi connectivity index (χ0) is 20.5. The van der Waals surface area contributed by atoms with Crippen molar-refractivity contribution in [1.82, 2.24) is 34.9 Å². The number of methoxy groups -OCH3 is 1. The van der Waals surface area contributed by atoms with Crippen LogP contribution in [0.2, 0.25) is 0 Å². The molecule has 2 aliphatic rings. The molecule has 10 heteroatoms. The second-order valence-electron chi connectivity index (χ2n) is 7.78. The van der Waals surface area contributed by atoms with Crippen molar-refractivity contribution in [3.8, 4) is 5.75 Å². The summed E-state index contributed by atoms with van der Waals surface area (Å²) in [5.41, 5.74) is 1.06. The van der Waals surface area contributed by atoms with Crippen molar-refractivity contribution in [2.24, 2.45) is 11.8 Å². The van der Waals surface area contributed by atoms with E-state index in [0.717, 1.165) is 11.3 Å². The SMILES string of the molecule is COc1ccc([C@H]2[C@@H]3CN(C(=O)Cn4cnnn4)C[C@@H]3CN2C(=O)N(C)C)cc1. The maximum Gasteiger partial charge on any atom is 0.320 e. The van der Waals surface area contributed by atoms with Gasteiger partial charge in [0.15, 0.2) is 0 Å². The average molecular weight is 399 g/mol. The van der Waals surface area contributed by atoms with Crippen LogP contribution in [0.4, 0.5) is 4.79 Å². The number of hydrogen-bond donors (Lipinski definition) is 0. The minimum absolute atomic E-state index is 0.00761. The van der Waals surface area contributed by atoms with E-state index < -0.39 is 0 Å². The van der Waals surface area contributed by atoms with Gasteiger partial charge >= 0.3 is 6.03 Å². The molecule has 4 rings (SSSR count). The van der Waals surface area contributed by atoms with E-state index in [0.29, 0.717) is 19.6 Å². The first-order valence-corrected chi connectivity index (χ1v) is 9.58. The first kappa shape index (κ1) is 19.2. The third-order valence-electron chi connectivity index (χ3n) is 5.79. The Morgan fingerprint density at radius 3 is 2.55 bits per heavy atom. The Balaban J connectivity index is 1.55. The number of carbonyl (C=O) groups excluding carboxylic acids is 2. The Morgan fingerprint density at radius 2 is 1.93 bits per heavy atom. The van der Waals surface area contributed by atoms with E-state index in [1.165, 1.54) is 11.0 Å². The lowest BCUT2D eigenvalue weighted by Crippen LogP contribution is -2.42. The normalized spacial score (nSPS) is 23.2. The van der Waals surface area contributed by atoms with Crippen molar-refractivity contribution >= 4 is 11.9 Å². The number of carbonyl (C=O) groups is 2. The summed E-state index contributed by atoms with van der Waals surface area (Å²) in [6.07, 6.45) is 1.44. The molecule has 0 radical (unpaired) electrons. The van der Waals surface area contributed by atoms with Gasteiger partial charge in [-0.3, -0.25) is 4.79 Å². The standard InChI is InChI=1S/C19H25N7O3/c1-23(2)19(28)26-9-14-8-24(17(27)11-25-12-20-21-22-25)10-16(14)18(26)13-4-6-15(29-3)7-5-13/h4-7,12,14,16,18H,8-11H2,1-3H3/t14-,16-,18+/m1/s1. The van der Waals surface area contributed by atoms with Crippen LogP contribution in [-0.4, -0.2) is 87.7 Å². The summed E-state index contributed by atoms with van der Waals surface area (Å²) in [6.45, 7) is 2.00. The van der Waals surface area contributed by atoms with Crippen LogP contribution in [-0.2, 0) is 11.3 Å². The summed E-state index contributed by atoms with van der Waals surface area (Å²) in [5, 5.41) is 10.9. The lowest BCUT2D eigenvalue weighted by atomic mass is 9.89. The molecule has 10 nitrogen and oxygen atoms in total. The van der Waals surface area contributed by atoms with Crippen molar-refractivity contribution < 1.29 is 14.3 Å². The molecule has 3 heterocycles. The fraction of sp³-hybridized carbons (Fsp3) is 0.526. The van der Waals surface area contributed by atoms with E-state index in [1.807, 2.05) is 34.1 Å². The fourth-order valence-corrected chi connectivity index (χ4v) is 4.42. The van der Waals surface area contributed by atoms with E-state index >= 15 is 0 Å². The monoisotopic (exact) mass is 399 g/mol. The zero-order valence-electron chi connectivity index (χ0n) is 16.8. The van der Waals surface area contributed by atoms with Crippen LogP contribution in [0.1, 0.15) is 11.6 Å². The van der Waals surface area contributed by atoms with Gasteiger partial charge in [0.25, 0.3) is 0 Å². The van der Waals surface area contributed by atoms with Gasteiger partial charge in [-0.1, -0.05) is 12.1 Å². The molecule has 3 atom stereocenters. The topological polar surface area (TPSA) is 96.7 Å². The molecule has 1 aromatic heterocycles. The Hall–Kier alpha value is -3.17. The van der Waals surface area contributed by atoms with Gasteiger partial charge in [0, 0.05) is 45.6 Å². The molecule has 2 aromatic rings. The highest BCUT2D eigenvalue weighted by atomic mass is 16.5. The molecule has 2 fully saturated rings. The van der Waals surface area contributed by atoms with Gasteiger partial charge in [-0.2, -0.15) is 0 Å². The lowest BCUT2D eigenvalue weighted by molar-refractivity contribution is -0.131. The third-order valence-corrected chi connectivity index (χ3v) is 5.79. The Bertz CT molecular complexity index is 868. The van der Waals surface area contributed by atoms with Crippen LogP contribution in [0, 0.1) is 11.8 Å². The second-order valence-corrected chi connectivity index (χ2v) is 7.78. The predicted molar refractivity (Wildman–Crippen MR) is 103 cm³/mol. The summed E-state index contributed by atoms with van der Waals surface area (Å²) in [4.78, 5) is 30.9. The summed E-state index contributed by atoms with van der Waals surface area (Å²) in [6, 6.07) is 7.76. The van der Waals surface area contributed by atoms with Crippen LogP contribution in [0.15, 0.2) is 30.6 Å². The van der Waals surface area contributed by atoms with Crippen molar-refractivity contribution in [3.63, 3.8) is 0 Å². The van der Waals surface area contributed by atoms with Crippen molar-refractivity contribution in [2.75, 3.05) is 40.8 Å². The molecule has 2 aliphatic heterocycles. The number of ether oxygens (including phenoxy) is 1. The highest BCUT2D eigenvalue weighted by Crippen LogP contribution is 2.45. The number of nitrogens with zero attached hydrogens (tertiary/aromatic N) is 7. The molecule has 29 heavy (non-hydrogen) atoms. The highest BCUT2D eigenvalue weighted by Gasteiger charge is 2.50. The van der Waals surface area contributed by atoms with E-state index in [2.05, 4.69) is 15.5 Å². The molecule has 0 spiro atoms. The molecule has 0 unspecified atom stereocenters. The van der Waals surface area contributed by atoms with E-state index in [9.17, 15) is 9.59 Å². The number of urea groups is 1. The third kappa shape index (κ3) is 3.62. The number of likely N-dealkylation sites (tertiary alicyclic amines) is 2. The van der Waals surface area contributed by atoms with Crippen LogP contribution < -0.4 is 4.74 Å². The second kappa shape index (κ2) is 7.69. The molecular weight excluding hydrogens is 374 g/mol.